The van der Waals surface area contributed by atoms with Gasteiger partial charge in [0.2, 0.25) is 0 Å². The minimum absolute atomic E-state index is 0.153. The third kappa shape index (κ3) is 2.30. The second-order valence-electron chi connectivity index (χ2n) is 3.88. The molecule has 0 unspecified atom stereocenters. The second kappa shape index (κ2) is 5.16. The van der Waals surface area contributed by atoms with Crippen LogP contribution in [0.25, 0.3) is 11.3 Å². The number of aromatic nitrogens is 2. The summed E-state index contributed by atoms with van der Waals surface area (Å²) in [4.78, 5) is 4.32. The summed E-state index contributed by atoms with van der Waals surface area (Å²) in [6, 6.07) is 3.33. The molecule has 1 heterocycles. The van der Waals surface area contributed by atoms with Gasteiger partial charge >= 0.3 is 0 Å². The van der Waals surface area contributed by atoms with Crippen molar-refractivity contribution in [3.8, 4) is 11.3 Å². The Balaban J connectivity index is 2.57. The van der Waals surface area contributed by atoms with Crippen LogP contribution in [-0.4, -0.2) is 16.6 Å². The van der Waals surface area contributed by atoms with Crippen molar-refractivity contribution in [2.75, 3.05) is 7.05 Å². The molecule has 18 heavy (non-hydrogen) atoms. The zero-order chi connectivity index (χ0) is 13.3. The van der Waals surface area contributed by atoms with Crippen LogP contribution in [0.5, 0.6) is 0 Å². The summed E-state index contributed by atoms with van der Waals surface area (Å²) in [7, 11) is 3.61. The molecule has 0 aliphatic carbocycles. The molecule has 3 nitrogen and oxygen atoms in total. The molecular formula is C12H12BrF2N3. The molecular weight excluding hydrogens is 304 g/mol. The van der Waals surface area contributed by atoms with E-state index >= 15 is 0 Å². The van der Waals surface area contributed by atoms with E-state index < -0.39 is 11.6 Å². The van der Waals surface area contributed by atoms with Crippen LogP contribution < -0.4 is 5.32 Å². The predicted octanol–water partition coefficient (Wildman–Crippen LogP) is 2.85. The molecule has 2 aromatic rings. The number of nitrogens with zero attached hydrogens (tertiary/aromatic N) is 2. The van der Waals surface area contributed by atoms with Crippen molar-refractivity contribution < 1.29 is 8.78 Å². The maximum absolute atomic E-state index is 13.7. The molecule has 0 aliphatic heterocycles. The van der Waals surface area contributed by atoms with Crippen LogP contribution in [0.3, 0.4) is 0 Å². The molecule has 1 aromatic heterocycles. The Labute approximate surface area is 112 Å². The molecule has 1 N–H and O–H groups in total. The quantitative estimate of drug-likeness (QED) is 0.944. The molecule has 2 rings (SSSR count). The average molecular weight is 316 g/mol. The molecule has 0 bridgehead atoms. The zero-order valence-corrected chi connectivity index (χ0v) is 11.6. The van der Waals surface area contributed by atoms with Crippen molar-refractivity contribution >= 4 is 15.9 Å². The van der Waals surface area contributed by atoms with Gasteiger partial charge in [0.25, 0.3) is 0 Å². The maximum atomic E-state index is 13.7. The second-order valence-corrected chi connectivity index (χ2v) is 4.63. The Hall–Kier alpha value is -1.27. The maximum Gasteiger partial charge on any atom is 0.132 e. The lowest BCUT2D eigenvalue weighted by molar-refractivity contribution is 0.602. The van der Waals surface area contributed by atoms with Gasteiger partial charge in [-0.05, 0) is 41.2 Å². The fourth-order valence-corrected chi connectivity index (χ4v) is 2.20. The lowest BCUT2D eigenvalue weighted by atomic mass is 10.1. The lowest BCUT2D eigenvalue weighted by Crippen LogP contribution is -2.10. The third-order valence-corrected chi connectivity index (χ3v) is 3.54. The van der Waals surface area contributed by atoms with Gasteiger partial charge in [-0.25, -0.2) is 13.8 Å². The topological polar surface area (TPSA) is 29.9 Å². The highest BCUT2D eigenvalue weighted by Crippen LogP contribution is 2.30. The monoisotopic (exact) mass is 315 g/mol. The van der Waals surface area contributed by atoms with Crippen LogP contribution in [0, 0.1) is 11.6 Å². The number of rotatable bonds is 3. The van der Waals surface area contributed by atoms with Gasteiger partial charge in [-0.15, -0.1) is 0 Å². The summed E-state index contributed by atoms with van der Waals surface area (Å²) in [5.41, 5.74) is 0.555. The molecule has 0 radical (unpaired) electrons. The molecule has 0 spiro atoms. The SMILES string of the molecule is CNCc1nc(-c2cc(F)ccc2F)c(Br)n1C. The largest absolute Gasteiger partial charge is 0.324 e. The minimum atomic E-state index is -0.494. The summed E-state index contributed by atoms with van der Waals surface area (Å²) in [6.45, 7) is 0.548. The van der Waals surface area contributed by atoms with Gasteiger partial charge in [-0.3, -0.25) is 0 Å². The molecule has 6 heteroatoms. The standard InChI is InChI=1S/C12H12BrF2N3/c1-16-6-10-17-11(12(13)18(10)2)8-5-7(14)3-4-9(8)15/h3-5,16H,6H2,1-2H3. The van der Waals surface area contributed by atoms with E-state index in [2.05, 4.69) is 26.2 Å². The van der Waals surface area contributed by atoms with Gasteiger partial charge in [-0.2, -0.15) is 0 Å². The average Bonchev–Trinajstić information content (AvgIpc) is 2.61. The molecule has 0 amide bonds. The Morgan fingerprint density at radius 2 is 2.11 bits per heavy atom. The fraction of sp³-hybridized carbons (Fsp3) is 0.250. The Bertz CT molecular complexity index is 581. The molecule has 0 aliphatic rings. The first-order chi connectivity index (χ1) is 8.54. The van der Waals surface area contributed by atoms with E-state index in [9.17, 15) is 8.78 Å². The van der Waals surface area contributed by atoms with E-state index in [1.165, 1.54) is 0 Å². The van der Waals surface area contributed by atoms with Crippen molar-refractivity contribution in [2.24, 2.45) is 7.05 Å². The fourth-order valence-electron chi connectivity index (χ4n) is 1.69. The van der Waals surface area contributed by atoms with Crippen LogP contribution in [0.2, 0.25) is 0 Å². The molecule has 0 saturated carbocycles. The third-order valence-electron chi connectivity index (χ3n) is 2.64. The molecule has 0 fully saturated rings. The highest BCUT2D eigenvalue weighted by atomic mass is 79.9. The van der Waals surface area contributed by atoms with Gasteiger partial charge in [0.15, 0.2) is 0 Å². The zero-order valence-electron chi connectivity index (χ0n) is 9.97. The van der Waals surface area contributed by atoms with Gasteiger partial charge < -0.3 is 9.88 Å². The van der Waals surface area contributed by atoms with Gasteiger partial charge in [0.05, 0.1) is 6.54 Å². The van der Waals surface area contributed by atoms with Gasteiger partial charge in [-0.1, -0.05) is 0 Å². The number of halogens is 3. The summed E-state index contributed by atoms with van der Waals surface area (Å²) in [6.07, 6.45) is 0. The predicted molar refractivity (Wildman–Crippen MR) is 69.0 cm³/mol. The van der Waals surface area contributed by atoms with Gasteiger partial charge in [0.1, 0.15) is 27.8 Å². The first-order valence-electron chi connectivity index (χ1n) is 5.35. The summed E-state index contributed by atoms with van der Waals surface area (Å²) < 4.78 is 29.3. The number of benzene rings is 1. The Morgan fingerprint density at radius 3 is 2.78 bits per heavy atom. The van der Waals surface area contributed by atoms with E-state index in [4.69, 9.17) is 0 Å². The summed E-state index contributed by atoms with van der Waals surface area (Å²) in [5, 5.41) is 2.97. The summed E-state index contributed by atoms with van der Waals surface area (Å²) in [5.74, 6) is -0.242. The molecule has 1 aromatic carbocycles. The van der Waals surface area contributed by atoms with Crippen LogP contribution in [0.4, 0.5) is 8.78 Å². The lowest BCUT2D eigenvalue weighted by Gasteiger charge is -2.01. The van der Waals surface area contributed by atoms with Crippen molar-refractivity contribution in [3.05, 3.63) is 40.3 Å². The number of hydrogen-bond acceptors (Lipinski definition) is 2. The first-order valence-corrected chi connectivity index (χ1v) is 6.15. The minimum Gasteiger partial charge on any atom is -0.324 e. The number of nitrogens with one attached hydrogen (secondary N) is 1. The van der Waals surface area contributed by atoms with Crippen LogP contribution in [0.15, 0.2) is 22.8 Å². The van der Waals surface area contributed by atoms with Crippen molar-refractivity contribution in [3.63, 3.8) is 0 Å². The highest BCUT2D eigenvalue weighted by molar-refractivity contribution is 9.10. The van der Waals surface area contributed by atoms with E-state index in [1.807, 2.05) is 7.05 Å². The number of imidazole rings is 1. The van der Waals surface area contributed by atoms with Crippen LogP contribution >= 0.6 is 15.9 Å². The van der Waals surface area contributed by atoms with E-state index in [0.717, 1.165) is 24.0 Å². The molecule has 0 saturated heterocycles. The van der Waals surface area contributed by atoms with Crippen LogP contribution in [0.1, 0.15) is 5.82 Å². The van der Waals surface area contributed by atoms with E-state index in [-0.39, 0.29) is 5.56 Å². The van der Waals surface area contributed by atoms with Crippen LogP contribution in [-0.2, 0) is 13.6 Å². The van der Waals surface area contributed by atoms with E-state index in [1.54, 1.807) is 11.6 Å². The molecule has 96 valence electrons. The van der Waals surface area contributed by atoms with E-state index in [0.29, 0.717) is 16.8 Å². The smallest absolute Gasteiger partial charge is 0.132 e. The first kappa shape index (κ1) is 13.2. The Morgan fingerprint density at radius 1 is 1.39 bits per heavy atom. The summed E-state index contributed by atoms with van der Waals surface area (Å²) >= 11 is 3.35. The normalized spacial score (nSPS) is 10.9. The van der Waals surface area contributed by atoms with Crippen molar-refractivity contribution in [1.29, 1.82) is 0 Å². The highest BCUT2D eigenvalue weighted by Gasteiger charge is 2.17. The van der Waals surface area contributed by atoms with Crippen molar-refractivity contribution in [2.45, 2.75) is 6.54 Å². The number of hydrogen-bond donors (Lipinski definition) is 1. The van der Waals surface area contributed by atoms with Crippen molar-refractivity contribution in [1.82, 2.24) is 14.9 Å². The Kier molecular flexibility index (Phi) is 3.77. The van der Waals surface area contributed by atoms with Gasteiger partial charge in [0, 0.05) is 12.6 Å². The molecule has 0 atom stereocenters.